The Morgan fingerprint density at radius 1 is 0.974 bits per heavy atom. The molecule has 4 bridgehead atoms. The molecule has 0 fully saturated rings. The Morgan fingerprint density at radius 3 is 2.33 bits per heavy atom. The van der Waals surface area contributed by atoms with Crippen LogP contribution >= 0.6 is 0 Å². The standard InChI is InChI=1S/C30H32N2O7/c1-31-25(29(34)37-4)17-22-12-15-26(36-3)27(18-22)39-23-13-10-20(11-14-23)16-24(28(31)33)32(2)30(35)38-19-21-8-6-5-7-9-21/h5-15,18,24-25H,16-17,19H2,1-4H3/t24-,25-/m0/s1. The molecule has 2 amide bonds. The fourth-order valence-corrected chi connectivity index (χ4v) is 4.44. The number of rotatable bonds is 5. The van der Waals surface area contributed by atoms with Crippen LogP contribution in [0, 0.1) is 0 Å². The molecule has 3 aromatic carbocycles. The van der Waals surface area contributed by atoms with E-state index >= 15 is 0 Å². The van der Waals surface area contributed by atoms with Gasteiger partial charge in [-0.3, -0.25) is 9.69 Å². The highest BCUT2D eigenvalue weighted by Crippen LogP contribution is 2.33. The van der Waals surface area contributed by atoms with Crippen molar-refractivity contribution in [2.45, 2.75) is 31.5 Å². The predicted octanol–water partition coefficient (Wildman–Crippen LogP) is 4.22. The fraction of sp³-hybridized carbons (Fsp3) is 0.300. The Hall–Kier alpha value is -4.53. The second kappa shape index (κ2) is 12.3. The van der Waals surface area contributed by atoms with Crippen LogP contribution in [0.3, 0.4) is 0 Å². The molecule has 2 aliphatic heterocycles. The monoisotopic (exact) mass is 532 g/mol. The minimum Gasteiger partial charge on any atom is -0.493 e. The molecule has 0 radical (unpaired) electrons. The van der Waals surface area contributed by atoms with E-state index in [0.29, 0.717) is 17.2 Å². The van der Waals surface area contributed by atoms with Crippen molar-refractivity contribution >= 4 is 18.0 Å². The summed E-state index contributed by atoms with van der Waals surface area (Å²) in [7, 11) is 5.89. The lowest BCUT2D eigenvalue weighted by molar-refractivity contribution is -0.153. The molecule has 39 heavy (non-hydrogen) atoms. The Kier molecular flexibility index (Phi) is 8.70. The third-order valence-corrected chi connectivity index (χ3v) is 6.77. The molecule has 0 aromatic heterocycles. The predicted molar refractivity (Wildman–Crippen MR) is 144 cm³/mol. The Morgan fingerprint density at radius 2 is 1.67 bits per heavy atom. The van der Waals surface area contributed by atoms with Crippen molar-refractivity contribution in [2.75, 3.05) is 28.3 Å². The molecule has 0 aliphatic carbocycles. The fourth-order valence-electron chi connectivity index (χ4n) is 4.44. The number of amides is 2. The summed E-state index contributed by atoms with van der Waals surface area (Å²) in [5.74, 6) is 0.593. The normalized spacial score (nSPS) is 17.0. The zero-order valence-electron chi connectivity index (χ0n) is 22.5. The molecule has 2 heterocycles. The summed E-state index contributed by atoms with van der Waals surface area (Å²) >= 11 is 0. The molecule has 204 valence electrons. The summed E-state index contributed by atoms with van der Waals surface area (Å²) in [5, 5.41) is 0. The van der Waals surface area contributed by atoms with Crippen LogP contribution in [0.4, 0.5) is 4.79 Å². The third-order valence-electron chi connectivity index (χ3n) is 6.77. The summed E-state index contributed by atoms with van der Waals surface area (Å²) in [4.78, 5) is 42.5. The molecule has 9 nitrogen and oxygen atoms in total. The molecule has 0 unspecified atom stereocenters. The second-order valence-electron chi connectivity index (χ2n) is 9.29. The second-order valence-corrected chi connectivity index (χ2v) is 9.29. The van der Waals surface area contributed by atoms with Crippen LogP contribution in [-0.4, -0.2) is 68.2 Å². The van der Waals surface area contributed by atoms with Crippen molar-refractivity contribution < 1.29 is 33.3 Å². The molecule has 5 rings (SSSR count). The summed E-state index contributed by atoms with van der Waals surface area (Å²) in [6.07, 6.45) is -0.286. The first-order valence-corrected chi connectivity index (χ1v) is 12.5. The number of hydrogen-bond acceptors (Lipinski definition) is 7. The van der Waals surface area contributed by atoms with Crippen LogP contribution in [0.1, 0.15) is 16.7 Å². The number of nitrogens with zero attached hydrogens (tertiary/aromatic N) is 2. The highest BCUT2D eigenvalue weighted by Gasteiger charge is 2.36. The zero-order valence-corrected chi connectivity index (χ0v) is 22.5. The van der Waals surface area contributed by atoms with Crippen molar-refractivity contribution in [1.29, 1.82) is 0 Å². The molecule has 9 heteroatoms. The van der Waals surface area contributed by atoms with Gasteiger partial charge >= 0.3 is 12.1 Å². The first-order chi connectivity index (χ1) is 18.8. The molecular formula is C30H32N2O7. The molecule has 2 aliphatic rings. The maximum Gasteiger partial charge on any atom is 0.410 e. The first kappa shape index (κ1) is 27.5. The molecule has 3 aromatic rings. The van der Waals surface area contributed by atoms with Crippen molar-refractivity contribution in [3.05, 3.63) is 89.5 Å². The number of methoxy groups -OCH3 is 2. The number of esters is 1. The van der Waals surface area contributed by atoms with Crippen LogP contribution < -0.4 is 9.47 Å². The van der Waals surface area contributed by atoms with Gasteiger partial charge in [-0.2, -0.15) is 0 Å². The van der Waals surface area contributed by atoms with Crippen molar-refractivity contribution in [3.63, 3.8) is 0 Å². The van der Waals surface area contributed by atoms with Gasteiger partial charge in [-0.15, -0.1) is 0 Å². The zero-order chi connectivity index (χ0) is 27.9. The number of benzene rings is 3. The average molecular weight is 533 g/mol. The van der Waals surface area contributed by atoms with E-state index in [9.17, 15) is 14.4 Å². The van der Waals surface area contributed by atoms with Gasteiger partial charge in [0.05, 0.1) is 14.2 Å². The van der Waals surface area contributed by atoms with Crippen LogP contribution in [0.15, 0.2) is 72.8 Å². The van der Waals surface area contributed by atoms with Gasteiger partial charge in [-0.25, -0.2) is 9.59 Å². The van der Waals surface area contributed by atoms with Gasteiger partial charge in [-0.1, -0.05) is 48.5 Å². The SMILES string of the molecule is COC(=O)[C@@H]1Cc2ccc(OC)c(c2)Oc2ccc(cc2)C[C@H](N(C)C(=O)OCc2ccccc2)C(=O)N1C. The lowest BCUT2D eigenvalue weighted by Crippen LogP contribution is -2.54. The van der Waals surface area contributed by atoms with Gasteiger partial charge in [0.25, 0.3) is 0 Å². The van der Waals surface area contributed by atoms with E-state index in [-0.39, 0.29) is 19.4 Å². The topological polar surface area (TPSA) is 94.6 Å². The number of carbonyl (C=O) groups excluding carboxylic acids is 3. The Labute approximate surface area is 227 Å². The summed E-state index contributed by atoms with van der Waals surface area (Å²) in [6, 6.07) is 20.0. The van der Waals surface area contributed by atoms with Gasteiger partial charge < -0.3 is 23.8 Å². The molecular weight excluding hydrogens is 500 g/mol. The van der Waals surface area contributed by atoms with E-state index in [1.54, 1.807) is 37.4 Å². The highest BCUT2D eigenvalue weighted by atomic mass is 16.6. The smallest absolute Gasteiger partial charge is 0.410 e. The molecule has 0 N–H and O–H groups in total. The quantitative estimate of drug-likeness (QED) is 0.454. The van der Waals surface area contributed by atoms with Crippen molar-refractivity contribution in [2.24, 2.45) is 0 Å². The van der Waals surface area contributed by atoms with Crippen LogP contribution in [0.2, 0.25) is 0 Å². The van der Waals surface area contributed by atoms with E-state index < -0.39 is 30.1 Å². The van der Waals surface area contributed by atoms with E-state index in [4.69, 9.17) is 18.9 Å². The first-order valence-electron chi connectivity index (χ1n) is 12.5. The summed E-state index contributed by atoms with van der Waals surface area (Å²) < 4.78 is 22.1. The van der Waals surface area contributed by atoms with Gasteiger partial charge in [-0.05, 0) is 41.0 Å². The van der Waals surface area contributed by atoms with Gasteiger partial charge in [0.1, 0.15) is 24.4 Å². The maximum atomic E-state index is 13.9. The molecule has 0 saturated heterocycles. The van der Waals surface area contributed by atoms with Crippen molar-refractivity contribution in [3.8, 4) is 17.2 Å². The number of carbonyl (C=O) groups is 3. The Balaban J connectivity index is 1.68. The average Bonchev–Trinajstić information content (AvgIpc) is 2.97. The summed E-state index contributed by atoms with van der Waals surface area (Å²) in [6.45, 7) is 0.0669. The maximum absolute atomic E-state index is 13.9. The number of likely N-dealkylation sites (N-methyl/N-ethyl adjacent to an activating group) is 2. The molecule has 2 atom stereocenters. The molecule has 0 saturated carbocycles. The van der Waals surface area contributed by atoms with Crippen LogP contribution in [-0.2, 0) is 38.5 Å². The summed E-state index contributed by atoms with van der Waals surface area (Å²) in [5.41, 5.74) is 2.36. The largest absolute Gasteiger partial charge is 0.493 e. The third kappa shape index (κ3) is 6.49. The van der Waals surface area contributed by atoms with E-state index in [0.717, 1.165) is 16.7 Å². The lowest BCUT2D eigenvalue weighted by atomic mass is 10.00. The van der Waals surface area contributed by atoms with Gasteiger partial charge in [0.2, 0.25) is 5.91 Å². The van der Waals surface area contributed by atoms with Crippen molar-refractivity contribution in [1.82, 2.24) is 9.80 Å². The lowest BCUT2D eigenvalue weighted by Gasteiger charge is -2.33. The van der Waals surface area contributed by atoms with Gasteiger partial charge in [0, 0.05) is 26.9 Å². The van der Waals surface area contributed by atoms with E-state index in [1.165, 1.54) is 31.0 Å². The number of hydrogen-bond donors (Lipinski definition) is 0. The molecule has 0 spiro atoms. The van der Waals surface area contributed by atoms with Crippen LogP contribution in [0.25, 0.3) is 0 Å². The number of fused-ring (bicyclic) bond motifs is 7. The highest BCUT2D eigenvalue weighted by molar-refractivity contribution is 5.90. The van der Waals surface area contributed by atoms with Crippen LogP contribution in [0.5, 0.6) is 17.2 Å². The van der Waals surface area contributed by atoms with E-state index in [1.807, 2.05) is 42.5 Å². The number of ether oxygens (including phenoxy) is 4. The minimum atomic E-state index is -0.941. The Bertz CT molecular complexity index is 1310. The minimum absolute atomic E-state index is 0.0669. The van der Waals surface area contributed by atoms with Gasteiger partial charge in [0.15, 0.2) is 11.5 Å². The van der Waals surface area contributed by atoms with E-state index in [2.05, 4.69) is 0 Å².